The van der Waals surface area contributed by atoms with Crippen LogP contribution in [0.1, 0.15) is 11.1 Å². The third-order valence-electron chi connectivity index (χ3n) is 2.99. The molecule has 0 heterocycles. The third-order valence-corrected chi connectivity index (χ3v) is 2.99. The van der Waals surface area contributed by atoms with Crippen LogP contribution in [0.3, 0.4) is 0 Å². The number of benzene rings is 1. The summed E-state index contributed by atoms with van der Waals surface area (Å²) >= 11 is 0. The van der Waals surface area contributed by atoms with E-state index in [1.807, 2.05) is 0 Å². The van der Waals surface area contributed by atoms with Gasteiger partial charge >= 0.3 is 12.0 Å². The zero-order chi connectivity index (χ0) is 15.8. The Hall–Kier alpha value is -2.15. The van der Waals surface area contributed by atoms with Crippen LogP contribution in [0.4, 0.5) is 9.18 Å². The fourth-order valence-corrected chi connectivity index (χ4v) is 1.77. The van der Waals surface area contributed by atoms with Gasteiger partial charge in [-0.3, -0.25) is 0 Å². The number of carboxylic acid groups (broad SMARTS) is 1. The van der Waals surface area contributed by atoms with Crippen LogP contribution in [-0.2, 0) is 16.0 Å². The van der Waals surface area contributed by atoms with Gasteiger partial charge in [0.1, 0.15) is 5.82 Å². The lowest BCUT2D eigenvalue weighted by molar-refractivity contribution is -0.147. The average Bonchev–Trinajstić information content (AvgIpc) is 2.41. The van der Waals surface area contributed by atoms with Gasteiger partial charge in [-0.1, -0.05) is 6.07 Å². The number of aryl methyl sites for hydroxylation is 1. The number of nitrogens with one attached hydrogen (secondary N) is 2. The van der Waals surface area contributed by atoms with Gasteiger partial charge in [0.25, 0.3) is 0 Å². The number of halogens is 1. The minimum atomic E-state index is -1.14. The number of carbonyl (C=O) groups is 2. The highest BCUT2D eigenvalue weighted by atomic mass is 19.1. The number of aliphatic carboxylic acids is 1. The van der Waals surface area contributed by atoms with Crippen molar-refractivity contribution in [2.75, 3.05) is 20.2 Å². The second-order valence-electron chi connectivity index (χ2n) is 4.52. The SMILES string of the molecule is COC(CNC(=O)NCCc1ccc(F)cc1C)C(=O)O. The molecule has 0 saturated carbocycles. The molecule has 0 aromatic heterocycles. The standard InChI is InChI=1S/C14H19FN2O4/c1-9-7-11(15)4-3-10(9)5-6-16-14(20)17-8-12(21-2)13(18)19/h3-4,7,12H,5-6,8H2,1-2H3,(H,18,19)(H2,16,17,20). The van der Waals surface area contributed by atoms with Crippen molar-refractivity contribution in [3.8, 4) is 0 Å². The quantitative estimate of drug-likeness (QED) is 0.703. The molecule has 2 amide bonds. The molecule has 1 atom stereocenters. The third kappa shape index (κ3) is 5.78. The number of methoxy groups -OCH3 is 1. The molecule has 0 saturated heterocycles. The molecule has 0 spiro atoms. The molecule has 21 heavy (non-hydrogen) atoms. The highest BCUT2D eigenvalue weighted by molar-refractivity contribution is 5.76. The lowest BCUT2D eigenvalue weighted by Crippen LogP contribution is -2.43. The van der Waals surface area contributed by atoms with Gasteiger partial charge in [0.2, 0.25) is 0 Å². The van der Waals surface area contributed by atoms with Crippen molar-refractivity contribution in [3.05, 3.63) is 35.1 Å². The predicted octanol–water partition coefficient (Wildman–Crippen LogP) is 1.08. The summed E-state index contributed by atoms with van der Waals surface area (Å²) in [6.07, 6.45) is -0.512. The molecule has 0 radical (unpaired) electrons. The molecule has 3 N–H and O–H groups in total. The zero-order valence-electron chi connectivity index (χ0n) is 12.0. The Labute approximate surface area is 122 Å². The molecule has 0 fully saturated rings. The summed E-state index contributed by atoms with van der Waals surface area (Å²) in [4.78, 5) is 22.2. The molecule has 116 valence electrons. The van der Waals surface area contributed by atoms with Crippen LogP contribution in [0, 0.1) is 12.7 Å². The first kappa shape index (κ1) is 16.9. The van der Waals surface area contributed by atoms with Crippen molar-refractivity contribution in [1.29, 1.82) is 0 Å². The Bertz CT molecular complexity index is 508. The monoisotopic (exact) mass is 298 g/mol. The van der Waals surface area contributed by atoms with E-state index < -0.39 is 18.1 Å². The maximum absolute atomic E-state index is 12.9. The van der Waals surface area contributed by atoms with Gasteiger partial charge in [0.05, 0.1) is 6.54 Å². The number of rotatable bonds is 7. The van der Waals surface area contributed by atoms with Crippen LogP contribution >= 0.6 is 0 Å². The minimum absolute atomic E-state index is 0.118. The summed E-state index contributed by atoms with van der Waals surface area (Å²) in [5.41, 5.74) is 1.76. The molecule has 0 aliphatic heterocycles. The fourth-order valence-electron chi connectivity index (χ4n) is 1.77. The van der Waals surface area contributed by atoms with Crippen LogP contribution < -0.4 is 10.6 Å². The number of hydrogen-bond acceptors (Lipinski definition) is 3. The Morgan fingerprint density at radius 1 is 1.38 bits per heavy atom. The summed E-state index contributed by atoms with van der Waals surface area (Å²) in [6.45, 7) is 2.05. The molecule has 1 unspecified atom stereocenters. The summed E-state index contributed by atoms with van der Waals surface area (Å²) in [5, 5.41) is 13.7. The van der Waals surface area contributed by atoms with Crippen LogP contribution in [0.25, 0.3) is 0 Å². The molecular weight excluding hydrogens is 279 g/mol. The maximum Gasteiger partial charge on any atom is 0.334 e. The van der Waals surface area contributed by atoms with Crippen LogP contribution in [0.15, 0.2) is 18.2 Å². The van der Waals surface area contributed by atoms with E-state index >= 15 is 0 Å². The number of ether oxygens (including phenoxy) is 1. The van der Waals surface area contributed by atoms with Crippen LogP contribution in [0.5, 0.6) is 0 Å². The summed E-state index contributed by atoms with van der Waals surface area (Å²) in [6, 6.07) is 4.01. The second kappa shape index (κ2) is 8.21. The molecule has 0 bridgehead atoms. The van der Waals surface area contributed by atoms with Gasteiger partial charge in [-0.25, -0.2) is 14.0 Å². The van der Waals surface area contributed by atoms with E-state index in [1.54, 1.807) is 13.0 Å². The van der Waals surface area contributed by atoms with Gasteiger partial charge in [0.15, 0.2) is 6.10 Å². The summed E-state index contributed by atoms with van der Waals surface area (Å²) < 4.78 is 17.6. The van der Waals surface area contributed by atoms with Gasteiger partial charge in [-0.2, -0.15) is 0 Å². The van der Waals surface area contributed by atoms with E-state index in [0.29, 0.717) is 13.0 Å². The molecular formula is C14H19FN2O4. The van der Waals surface area contributed by atoms with E-state index in [2.05, 4.69) is 15.4 Å². The summed E-state index contributed by atoms with van der Waals surface area (Å²) in [5.74, 6) is -1.43. The van der Waals surface area contributed by atoms with Crippen molar-refractivity contribution in [2.45, 2.75) is 19.4 Å². The fraction of sp³-hybridized carbons (Fsp3) is 0.429. The second-order valence-corrected chi connectivity index (χ2v) is 4.52. The lowest BCUT2D eigenvalue weighted by atomic mass is 10.1. The normalized spacial score (nSPS) is 11.8. The Morgan fingerprint density at radius 3 is 2.67 bits per heavy atom. The van der Waals surface area contributed by atoms with Crippen molar-refractivity contribution < 1.29 is 23.8 Å². The number of carboxylic acids is 1. The lowest BCUT2D eigenvalue weighted by Gasteiger charge is -2.12. The van der Waals surface area contributed by atoms with E-state index in [0.717, 1.165) is 11.1 Å². The van der Waals surface area contributed by atoms with Crippen molar-refractivity contribution >= 4 is 12.0 Å². The Balaban J connectivity index is 2.32. The van der Waals surface area contributed by atoms with Crippen LogP contribution in [-0.4, -0.2) is 43.4 Å². The molecule has 0 aliphatic rings. The highest BCUT2D eigenvalue weighted by Gasteiger charge is 2.16. The smallest absolute Gasteiger partial charge is 0.334 e. The van der Waals surface area contributed by atoms with E-state index in [9.17, 15) is 14.0 Å². The molecule has 1 rings (SSSR count). The Kier molecular flexibility index (Phi) is 6.61. The Morgan fingerprint density at radius 2 is 2.10 bits per heavy atom. The van der Waals surface area contributed by atoms with Gasteiger partial charge in [0, 0.05) is 13.7 Å². The van der Waals surface area contributed by atoms with Crippen LogP contribution in [0.2, 0.25) is 0 Å². The van der Waals surface area contributed by atoms with E-state index in [-0.39, 0.29) is 12.4 Å². The molecule has 1 aromatic rings. The number of carbonyl (C=O) groups excluding carboxylic acids is 1. The van der Waals surface area contributed by atoms with E-state index in [4.69, 9.17) is 5.11 Å². The van der Waals surface area contributed by atoms with Crippen molar-refractivity contribution in [3.63, 3.8) is 0 Å². The van der Waals surface area contributed by atoms with E-state index in [1.165, 1.54) is 19.2 Å². The van der Waals surface area contributed by atoms with Crippen molar-refractivity contribution in [1.82, 2.24) is 10.6 Å². The molecule has 1 aromatic carbocycles. The first-order chi connectivity index (χ1) is 9.93. The predicted molar refractivity (Wildman–Crippen MR) is 74.7 cm³/mol. The number of urea groups is 1. The average molecular weight is 298 g/mol. The first-order valence-corrected chi connectivity index (χ1v) is 6.46. The maximum atomic E-state index is 12.9. The number of amides is 2. The molecule has 0 aliphatic carbocycles. The molecule has 7 heteroatoms. The summed E-state index contributed by atoms with van der Waals surface area (Å²) in [7, 11) is 1.26. The molecule has 6 nitrogen and oxygen atoms in total. The van der Waals surface area contributed by atoms with Crippen molar-refractivity contribution in [2.24, 2.45) is 0 Å². The van der Waals surface area contributed by atoms with Gasteiger partial charge < -0.3 is 20.5 Å². The topological polar surface area (TPSA) is 87.7 Å². The first-order valence-electron chi connectivity index (χ1n) is 6.46. The zero-order valence-corrected chi connectivity index (χ0v) is 12.0. The highest BCUT2D eigenvalue weighted by Crippen LogP contribution is 2.10. The largest absolute Gasteiger partial charge is 0.479 e. The van der Waals surface area contributed by atoms with Gasteiger partial charge in [-0.15, -0.1) is 0 Å². The minimum Gasteiger partial charge on any atom is -0.479 e. The van der Waals surface area contributed by atoms with Gasteiger partial charge in [-0.05, 0) is 36.6 Å². The number of hydrogen-bond donors (Lipinski definition) is 3.